The van der Waals surface area contributed by atoms with Crippen LogP contribution in [0.5, 0.6) is 0 Å². The van der Waals surface area contributed by atoms with Gasteiger partial charge >= 0.3 is 0 Å². The van der Waals surface area contributed by atoms with Gasteiger partial charge in [-0.2, -0.15) is 0 Å². The summed E-state index contributed by atoms with van der Waals surface area (Å²) in [5.41, 5.74) is 1.12. The van der Waals surface area contributed by atoms with Gasteiger partial charge in [0, 0.05) is 19.8 Å². The second-order valence-electron chi connectivity index (χ2n) is 6.64. The van der Waals surface area contributed by atoms with E-state index in [1.54, 1.807) is 0 Å². The zero-order valence-corrected chi connectivity index (χ0v) is 14.4. The van der Waals surface area contributed by atoms with Crippen LogP contribution in [0.1, 0.15) is 31.2 Å². The first-order chi connectivity index (χ1) is 12.2. The van der Waals surface area contributed by atoms with Crippen molar-refractivity contribution < 1.29 is 19.1 Å². The van der Waals surface area contributed by atoms with Gasteiger partial charge in [0.25, 0.3) is 0 Å². The van der Waals surface area contributed by atoms with Crippen LogP contribution >= 0.6 is 0 Å². The largest absolute Gasteiger partial charge is 0.368 e. The van der Waals surface area contributed by atoms with Crippen molar-refractivity contribution in [1.29, 1.82) is 0 Å². The molecule has 0 spiro atoms. The Bertz CT molecular complexity index is 566. The average molecular weight is 346 g/mol. The van der Waals surface area contributed by atoms with Crippen molar-refractivity contribution in [3.05, 3.63) is 35.9 Å². The number of nitrogens with one attached hydrogen (secondary N) is 2. The highest BCUT2D eigenvalue weighted by Crippen LogP contribution is 2.13. The molecule has 3 atom stereocenters. The zero-order valence-electron chi connectivity index (χ0n) is 14.4. The minimum absolute atomic E-state index is 0.0928. The molecule has 3 rings (SSSR count). The summed E-state index contributed by atoms with van der Waals surface area (Å²) in [5.74, 6) is -0.188. The van der Waals surface area contributed by atoms with E-state index in [4.69, 9.17) is 9.47 Å². The fourth-order valence-corrected chi connectivity index (χ4v) is 3.27. The second kappa shape index (κ2) is 8.97. The second-order valence-corrected chi connectivity index (χ2v) is 6.64. The van der Waals surface area contributed by atoms with Gasteiger partial charge in [0.15, 0.2) is 0 Å². The summed E-state index contributed by atoms with van der Waals surface area (Å²) in [4.78, 5) is 24.5. The number of amides is 2. The summed E-state index contributed by atoms with van der Waals surface area (Å²) in [6.07, 6.45) is 3.28. The normalized spacial score (nSPS) is 24.0. The number of ether oxygens (including phenoxy) is 2. The molecule has 2 saturated heterocycles. The molecule has 2 aliphatic heterocycles. The molecule has 0 bridgehead atoms. The van der Waals surface area contributed by atoms with E-state index in [2.05, 4.69) is 10.6 Å². The Balaban J connectivity index is 1.56. The van der Waals surface area contributed by atoms with Gasteiger partial charge in [-0.3, -0.25) is 9.59 Å². The standard InChI is InChI=1S/C19H26N2O4/c22-18(16-8-4-10-24-16)20-13-15(12-14-6-2-1-3-7-14)21-19(23)17-9-5-11-25-17/h1-3,6-7,15-17H,4-5,8-13H2,(H,20,22)(H,21,23)/t15-,16-,17-/m0/s1. The first kappa shape index (κ1) is 17.9. The van der Waals surface area contributed by atoms with Gasteiger partial charge in [-0.1, -0.05) is 30.3 Å². The van der Waals surface area contributed by atoms with Crippen LogP contribution in [0, 0.1) is 0 Å². The summed E-state index contributed by atoms with van der Waals surface area (Å²) in [6, 6.07) is 9.77. The lowest BCUT2D eigenvalue weighted by Crippen LogP contribution is -2.49. The van der Waals surface area contributed by atoms with E-state index in [-0.39, 0.29) is 30.1 Å². The zero-order chi connectivity index (χ0) is 17.5. The van der Waals surface area contributed by atoms with E-state index in [0.717, 1.165) is 31.2 Å². The van der Waals surface area contributed by atoms with E-state index >= 15 is 0 Å². The lowest BCUT2D eigenvalue weighted by atomic mass is 10.0. The van der Waals surface area contributed by atoms with Gasteiger partial charge in [0.05, 0.1) is 6.04 Å². The molecule has 6 nitrogen and oxygen atoms in total. The summed E-state index contributed by atoms with van der Waals surface area (Å²) < 4.78 is 10.9. The monoisotopic (exact) mass is 346 g/mol. The van der Waals surface area contributed by atoms with Crippen molar-refractivity contribution in [3.63, 3.8) is 0 Å². The summed E-state index contributed by atoms with van der Waals surface area (Å²) in [6.45, 7) is 1.66. The van der Waals surface area contributed by atoms with Crippen molar-refractivity contribution in [1.82, 2.24) is 10.6 Å². The highest BCUT2D eigenvalue weighted by Gasteiger charge is 2.27. The number of hydrogen-bond donors (Lipinski definition) is 2. The van der Waals surface area contributed by atoms with Gasteiger partial charge in [-0.15, -0.1) is 0 Å². The molecule has 0 unspecified atom stereocenters. The van der Waals surface area contributed by atoms with Crippen LogP contribution in [0.4, 0.5) is 0 Å². The molecule has 136 valence electrons. The molecule has 1 aromatic carbocycles. The first-order valence-corrected chi connectivity index (χ1v) is 9.07. The lowest BCUT2D eigenvalue weighted by Gasteiger charge is -2.22. The van der Waals surface area contributed by atoms with Gasteiger partial charge in [0.2, 0.25) is 11.8 Å². The number of rotatable bonds is 7. The molecule has 0 radical (unpaired) electrons. The Morgan fingerprint density at radius 2 is 1.64 bits per heavy atom. The molecule has 2 N–H and O–H groups in total. The number of hydrogen-bond acceptors (Lipinski definition) is 4. The molecule has 0 aromatic heterocycles. The average Bonchev–Trinajstić information content (AvgIpc) is 3.33. The van der Waals surface area contributed by atoms with Gasteiger partial charge in [0.1, 0.15) is 12.2 Å². The van der Waals surface area contributed by atoms with Gasteiger partial charge in [-0.05, 0) is 37.7 Å². The van der Waals surface area contributed by atoms with E-state index < -0.39 is 0 Å². The van der Waals surface area contributed by atoms with E-state index in [1.165, 1.54) is 0 Å². The summed E-state index contributed by atoms with van der Waals surface area (Å²) in [5, 5.41) is 5.96. The Kier molecular flexibility index (Phi) is 6.42. The van der Waals surface area contributed by atoms with Crippen molar-refractivity contribution >= 4 is 11.8 Å². The SMILES string of the molecule is O=C(NC[C@H](Cc1ccccc1)NC(=O)[C@@H]1CCCO1)[C@@H]1CCCO1. The van der Waals surface area contributed by atoms with Crippen LogP contribution in [0.25, 0.3) is 0 Å². The predicted molar refractivity (Wildman–Crippen MR) is 93.0 cm³/mol. The Hall–Kier alpha value is -1.92. The summed E-state index contributed by atoms with van der Waals surface area (Å²) in [7, 11) is 0. The first-order valence-electron chi connectivity index (χ1n) is 9.07. The summed E-state index contributed by atoms with van der Waals surface area (Å²) >= 11 is 0. The maximum absolute atomic E-state index is 12.4. The molecule has 0 saturated carbocycles. The van der Waals surface area contributed by atoms with E-state index in [9.17, 15) is 9.59 Å². The van der Waals surface area contributed by atoms with Crippen LogP contribution in [-0.2, 0) is 25.5 Å². The Morgan fingerprint density at radius 3 is 2.24 bits per heavy atom. The maximum Gasteiger partial charge on any atom is 0.249 e. The fraction of sp³-hybridized carbons (Fsp3) is 0.579. The van der Waals surface area contributed by atoms with E-state index in [1.807, 2.05) is 30.3 Å². The minimum Gasteiger partial charge on any atom is -0.368 e. The Labute approximate surface area is 148 Å². The third-order valence-corrected chi connectivity index (χ3v) is 4.64. The van der Waals surface area contributed by atoms with Crippen molar-refractivity contribution in [2.45, 2.75) is 50.4 Å². The van der Waals surface area contributed by atoms with Crippen molar-refractivity contribution in [2.75, 3.05) is 19.8 Å². The number of carbonyl (C=O) groups is 2. The highest BCUT2D eigenvalue weighted by atomic mass is 16.5. The van der Waals surface area contributed by atoms with Crippen LogP contribution in [-0.4, -0.2) is 49.8 Å². The molecular formula is C19H26N2O4. The predicted octanol–water partition coefficient (Wildman–Crippen LogP) is 1.19. The van der Waals surface area contributed by atoms with E-state index in [0.29, 0.717) is 26.2 Å². The number of benzene rings is 1. The number of carbonyl (C=O) groups excluding carboxylic acids is 2. The topological polar surface area (TPSA) is 76.7 Å². The smallest absolute Gasteiger partial charge is 0.249 e. The molecule has 0 aliphatic carbocycles. The van der Waals surface area contributed by atoms with Crippen LogP contribution in [0.15, 0.2) is 30.3 Å². The third-order valence-electron chi connectivity index (χ3n) is 4.64. The van der Waals surface area contributed by atoms with Gasteiger partial charge < -0.3 is 20.1 Å². The van der Waals surface area contributed by atoms with Crippen LogP contribution < -0.4 is 10.6 Å². The van der Waals surface area contributed by atoms with Crippen LogP contribution in [0.3, 0.4) is 0 Å². The fourth-order valence-electron chi connectivity index (χ4n) is 3.27. The van der Waals surface area contributed by atoms with Crippen LogP contribution in [0.2, 0.25) is 0 Å². The minimum atomic E-state index is -0.368. The molecule has 1 aromatic rings. The van der Waals surface area contributed by atoms with Gasteiger partial charge in [-0.25, -0.2) is 0 Å². The molecule has 2 aliphatic rings. The molecule has 2 fully saturated rings. The lowest BCUT2D eigenvalue weighted by molar-refractivity contribution is -0.132. The highest BCUT2D eigenvalue weighted by molar-refractivity contribution is 5.82. The quantitative estimate of drug-likeness (QED) is 0.777. The Morgan fingerprint density at radius 1 is 1.00 bits per heavy atom. The van der Waals surface area contributed by atoms with Crippen molar-refractivity contribution in [2.24, 2.45) is 0 Å². The molecule has 25 heavy (non-hydrogen) atoms. The molecule has 2 amide bonds. The van der Waals surface area contributed by atoms with Crippen molar-refractivity contribution in [3.8, 4) is 0 Å². The third kappa shape index (κ3) is 5.28. The molecule has 2 heterocycles. The molecule has 6 heteroatoms. The molecular weight excluding hydrogens is 320 g/mol. The maximum atomic E-state index is 12.4.